The number of amides is 2. The maximum atomic E-state index is 12.7. The highest BCUT2D eigenvalue weighted by Crippen LogP contribution is 2.33. The molecular formula is C18H23N3O4. The van der Waals surface area contributed by atoms with E-state index in [9.17, 15) is 19.2 Å². The van der Waals surface area contributed by atoms with E-state index < -0.39 is 5.56 Å². The fraction of sp³-hybridized carbons (Fsp3) is 0.556. The molecule has 3 rings (SSSR count). The normalized spacial score (nSPS) is 19.6. The molecule has 1 aliphatic carbocycles. The monoisotopic (exact) mass is 345 g/mol. The van der Waals surface area contributed by atoms with Crippen molar-refractivity contribution in [2.24, 2.45) is 5.41 Å². The summed E-state index contributed by atoms with van der Waals surface area (Å²) < 4.78 is 0. The second-order valence-electron chi connectivity index (χ2n) is 7.64. The van der Waals surface area contributed by atoms with Crippen molar-refractivity contribution >= 4 is 17.6 Å². The summed E-state index contributed by atoms with van der Waals surface area (Å²) in [6, 6.07) is 1.45. The fourth-order valence-electron chi connectivity index (χ4n) is 3.58. The van der Waals surface area contributed by atoms with Gasteiger partial charge in [-0.2, -0.15) is 0 Å². The van der Waals surface area contributed by atoms with Crippen molar-refractivity contribution in [3.8, 4) is 0 Å². The third kappa shape index (κ3) is 3.36. The fourth-order valence-corrected chi connectivity index (χ4v) is 3.58. The third-order valence-electron chi connectivity index (χ3n) is 4.96. The van der Waals surface area contributed by atoms with Gasteiger partial charge in [-0.05, 0) is 17.9 Å². The molecule has 2 aliphatic rings. The number of pyridine rings is 1. The number of carbonyl (C=O) groups is 3. The number of H-pyrrole nitrogens is 1. The summed E-state index contributed by atoms with van der Waals surface area (Å²) >= 11 is 0. The maximum absolute atomic E-state index is 12.7. The molecule has 1 saturated heterocycles. The maximum Gasteiger partial charge on any atom is 0.261 e. The van der Waals surface area contributed by atoms with Gasteiger partial charge in [-0.3, -0.25) is 19.2 Å². The average molecular weight is 345 g/mol. The molecule has 1 aromatic heterocycles. The molecule has 1 fully saturated rings. The molecule has 0 bridgehead atoms. The Hall–Kier alpha value is -2.44. The van der Waals surface area contributed by atoms with Crippen molar-refractivity contribution < 1.29 is 14.4 Å². The molecule has 0 aromatic carbocycles. The predicted molar refractivity (Wildman–Crippen MR) is 91.7 cm³/mol. The summed E-state index contributed by atoms with van der Waals surface area (Å²) in [6.07, 6.45) is 1.01. The lowest BCUT2D eigenvalue weighted by atomic mass is 9.75. The van der Waals surface area contributed by atoms with Gasteiger partial charge in [0.1, 0.15) is 5.56 Å². The van der Waals surface area contributed by atoms with Gasteiger partial charge in [0.05, 0.1) is 0 Å². The number of nitrogens with zero attached hydrogens (tertiary/aromatic N) is 2. The number of rotatable bonds is 1. The largest absolute Gasteiger partial charge is 0.339 e. The van der Waals surface area contributed by atoms with Gasteiger partial charge in [-0.1, -0.05) is 13.8 Å². The average Bonchev–Trinajstić information content (AvgIpc) is 2.52. The van der Waals surface area contributed by atoms with E-state index in [-0.39, 0.29) is 28.6 Å². The van der Waals surface area contributed by atoms with Crippen molar-refractivity contribution in [2.45, 2.75) is 33.6 Å². The summed E-state index contributed by atoms with van der Waals surface area (Å²) in [5.41, 5.74) is 0.418. The first-order valence-electron chi connectivity index (χ1n) is 8.52. The van der Waals surface area contributed by atoms with Gasteiger partial charge in [0.25, 0.3) is 11.5 Å². The summed E-state index contributed by atoms with van der Waals surface area (Å²) in [7, 11) is 0. The molecule has 7 heteroatoms. The number of hydrogen-bond donors (Lipinski definition) is 1. The van der Waals surface area contributed by atoms with Crippen molar-refractivity contribution in [2.75, 3.05) is 26.2 Å². The van der Waals surface area contributed by atoms with Crippen LogP contribution in [0.5, 0.6) is 0 Å². The van der Waals surface area contributed by atoms with Crippen LogP contribution >= 0.6 is 0 Å². The van der Waals surface area contributed by atoms with Crippen LogP contribution in [0.1, 0.15) is 53.6 Å². The molecule has 2 heterocycles. The number of ketones is 1. The van der Waals surface area contributed by atoms with Crippen LogP contribution < -0.4 is 5.56 Å². The van der Waals surface area contributed by atoms with Crippen molar-refractivity contribution in [1.82, 2.24) is 14.8 Å². The van der Waals surface area contributed by atoms with Crippen LogP contribution in [-0.4, -0.2) is 58.6 Å². The Labute approximate surface area is 146 Å². The first-order chi connectivity index (χ1) is 11.7. The highest BCUT2D eigenvalue weighted by molar-refractivity contribution is 6.02. The lowest BCUT2D eigenvalue weighted by molar-refractivity contribution is -0.130. The number of carbonyl (C=O) groups excluding carboxylic acids is 3. The van der Waals surface area contributed by atoms with Crippen LogP contribution in [0.3, 0.4) is 0 Å². The minimum absolute atomic E-state index is 0.00285. The van der Waals surface area contributed by atoms with Gasteiger partial charge in [-0.25, -0.2) is 0 Å². The highest BCUT2D eigenvalue weighted by Gasteiger charge is 2.33. The highest BCUT2D eigenvalue weighted by atomic mass is 16.2. The molecule has 0 unspecified atom stereocenters. The second-order valence-corrected chi connectivity index (χ2v) is 7.64. The number of nitrogens with one attached hydrogen (secondary N) is 1. The zero-order valence-electron chi connectivity index (χ0n) is 14.8. The lowest BCUT2D eigenvalue weighted by Gasteiger charge is -2.34. The minimum atomic E-state index is -0.455. The zero-order chi connectivity index (χ0) is 18.4. The smallest absolute Gasteiger partial charge is 0.261 e. The summed E-state index contributed by atoms with van der Waals surface area (Å²) in [4.78, 5) is 54.8. The van der Waals surface area contributed by atoms with E-state index in [0.29, 0.717) is 50.3 Å². The molecule has 2 amide bonds. The van der Waals surface area contributed by atoms with Crippen LogP contribution in [0.2, 0.25) is 0 Å². The number of Topliss-reactive ketones (excluding diaryl/α,β-unsaturated/α-hetero) is 1. The van der Waals surface area contributed by atoms with Crippen LogP contribution in [0.15, 0.2) is 10.9 Å². The number of fused-ring (bicyclic) bond motifs is 1. The second kappa shape index (κ2) is 6.13. The molecule has 25 heavy (non-hydrogen) atoms. The minimum Gasteiger partial charge on any atom is -0.339 e. The van der Waals surface area contributed by atoms with E-state index in [1.54, 1.807) is 9.80 Å². The molecule has 7 nitrogen and oxygen atoms in total. The van der Waals surface area contributed by atoms with Crippen molar-refractivity contribution in [3.63, 3.8) is 0 Å². The molecular weight excluding hydrogens is 322 g/mol. The Morgan fingerprint density at radius 3 is 2.24 bits per heavy atom. The Balaban J connectivity index is 1.85. The van der Waals surface area contributed by atoms with E-state index in [0.717, 1.165) is 0 Å². The SMILES string of the molecule is CC(=O)N1CCN(C(=O)c2cc3c([nH]c2=O)CC(C)(C)CC3=O)CC1. The Morgan fingerprint density at radius 1 is 1.04 bits per heavy atom. The molecule has 0 atom stereocenters. The number of hydrogen-bond acceptors (Lipinski definition) is 4. The third-order valence-corrected chi connectivity index (χ3v) is 4.96. The van der Waals surface area contributed by atoms with Gasteiger partial charge in [0.15, 0.2) is 5.78 Å². The summed E-state index contributed by atoms with van der Waals surface area (Å²) in [6.45, 7) is 7.15. The van der Waals surface area contributed by atoms with Gasteiger partial charge in [-0.15, -0.1) is 0 Å². The van der Waals surface area contributed by atoms with E-state index in [1.165, 1.54) is 13.0 Å². The van der Waals surface area contributed by atoms with E-state index in [2.05, 4.69) is 4.98 Å². The van der Waals surface area contributed by atoms with E-state index >= 15 is 0 Å². The summed E-state index contributed by atoms with van der Waals surface area (Å²) in [5, 5.41) is 0. The summed E-state index contributed by atoms with van der Waals surface area (Å²) in [5.74, 6) is -0.449. The zero-order valence-corrected chi connectivity index (χ0v) is 14.8. The Bertz CT molecular complexity index is 801. The number of piperazine rings is 1. The predicted octanol–water partition coefficient (Wildman–Crippen LogP) is 0.834. The van der Waals surface area contributed by atoms with Crippen LogP contribution in [0.25, 0.3) is 0 Å². The van der Waals surface area contributed by atoms with E-state index in [1.807, 2.05) is 13.8 Å². The molecule has 1 aliphatic heterocycles. The molecule has 0 saturated carbocycles. The molecule has 1 aromatic rings. The lowest BCUT2D eigenvalue weighted by Crippen LogP contribution is -2.50. The van der Waals surface area contributed by atoms with Crippen molar-refractivity contribution in [1.29, 1.82) is 0 Å². The number of aromatic nitrogens is 1. The van der Waals surface area contributed by atoms with Gasteiger partial charge >= 0.3 is 0 Å². The molecule has 0 radical (unpaired) electrons. The molecule has 0 spiro atoms. The van der Waals surface area contributed by atoms with Gasteiger partial charge in [0, 0.05) is 50.8 Å². The van der Waals surface area contributed by atoms with Gasteiger partial charge in [0.2, 0.25) is 5.91 Å². The van der Waals surface area contributed by atoms with Gasteiger partial charge < -0.3 is 14.8 Å². The quantitative estimate of drug-likeness (QED) is 0.816. The Morgan fingerprint density at radius 2 is 1.64 bits per heavy atom. The molecule has 134 valence electrons. The first-order valence-corrected chi connectivity index (χ1v) is 8.52. The van der Waals surface area contributed by atoms with Crippen LogP contribution in [0.4, 0.5) is 0 Å². The standard InChI is InChI=1S/C18H23N3O4/c1-11(22)20-4-6-21(7-5-20)17(25)13-8-12-14(19-16(13)24)9-18(2,3)10-15(12)23/h8H,4-7,9-10H2,1-3H3,(H,19,24). The van der Waals surface area contributed by atoms with Crippen molar-refractivity contribution in [3.05, 3.63) is 33.2 Å². The number of aromatic amines is 1. The first kappa shape index (κ1) is 17.4. The van der Waals surface area contributed by atoms with E-state index in [4.69, 9.17) is 0 Å². The Kier molecular flexibility index (Phi) is 4.26. The van der Waals surface area contributed by atoms with Crippen LogP contribution in [-0.2, 0) is 11.2 Å². The van der Waals surface area contributed by atoms with Crippen LogP contribution in [0, 0.1) is 5.41 Å². The molecule has 1 N–H and O–H groups in total. The topological polar surface area (TPSA) is 90.6 Å².